The molecule has 0 saturated carbocycles. The third kappa shape index (κ3) is 5.37. The Kier molecular flexibility index (Phi) is 8.25. The van der Waals surface area contributed by atoms with Crippen molar-refractivity contribution in [2.75, 3.05) is 34.7 Å². The van der Waals surface area contributed by atoms with Gasteiger partial charge in [-0.2, -0.15) is 10.2 Å². The van der Waals surface area contributed by atoms with Gasteiger partial charge in [0.05, 0.1) is 33.4 Å². The van der Waals surface area contributed by atoms with Gasteiger partial charge in [0.15, 0.2) is 23.0 Å². The number of piperidine rings is 1. The molecule has 3 aliphatic rings. The third-order valence-corrected chi connectivity index (χ3v) is 8.76. The van der Waals surface area contributed by atoms with E-state index in [0.717, 1.165) is 5.71 Å². The van der Waals surface area contributed by atoms with Gasteiger partial charge in [0, 0.05) is 48.1 Å². The first-order chi connectivity index (χ1) is 20.4. The van der Waals surface area contributed by atoms with Gasteiger partial charge in [-0.25, -0.2) is 5.43 Å². The van der Waals surface area contributed by atoms with Crippen LogP contribution in [0.4, 0.5) is 0 Å². The lowest BCUT2D eigenvalue weighted by Gasteiger charge is -2.48. The van der Waals surface area contributed by atoms with Crippen LogP contribution in [0.2, 0.25) is 0 Å². The highest BCUT2D eigenvalue weighted by molar-refractivity contribution is 5.89. The number of nitrogens with one attached hydrogen (secondary N) is 1. The molecule has 0 unspecified atom stereocenters. The summed E-state index contributed by atoms with van der Waals surface area (Å²) in [5, 5.41) is 38.7. The number of carbonyl (C=O) groups excluding carboxylic acids is 1. The molecule has 4 N–H and O–H groups in total. The largest absolute Gasteiger partial charge is 0.493 e. The summed E-state index contributed by atoms with van der Waals surface area (Å²) in [4.78, 5) is 14.2. The maximum atomic E-state index is 14.2. The summed E-state index contributed by atoms with van der Waals surface area (Å²) < 4.78 is 28.0. The maximum Gasteiger partial charge on any atom is 0.244 e. The number of amides is 1. The van der Waals surface area contributed by atoms with Gasteiger partial charge in [0.1, 0.15) is 0 Å². The Hall–Kier alpha value is -3.58. The molecule has 0 radical (unpaired) electrons. The van der Waals surface area contributed by atoms with Gasteiger partial charge in [-0.1, -0.05) is 0 Å². The Morgan fingerprint density at radius 2 is 1.53 bits per heavy atom. The van der Waals surface area contributed by atoms with Crippen molar-refractivity contribution in [1.29, 1.82) is 0 Å². The summed E-state index contributed by atoms with van der Waals surface area (Å²) in [7, 11) is 4.53. The van der Waals surface area contributed by atoms with E-state index >= 15 is 0 Å². The van der Waals surface area contributed by atoms with Crippen LogP contribution in [0.1, 0.15) is 69.2 Å². The van der Waals surface area contributed by atoms with E-state index in [9.17, 15) is 20.2 Å². The lowest BCUT2D eigenvalue weighted by Crippen LogP contribution is -2.59. The Balaban J connectivity index is 1.63. The number of ether oxygens (including phenoxy) is 5. The van der Waals surface area contributed by atoms with Gasteiger partial charge >= 0.3 is 0 Å². The second-order valence-electron chi connectivity index (χ2n) is 12.5. The zero-order valence-corrected chi connectivity index (χ0v) is 25.6. The van der Waals surface area contributed by atoms with Crippen LogP contribution in [0.25, 0.3) is 0 Å². The molecule has 2 aliphatic heterocycles. The zero-order valence-electron chi connectivity index (χ0n) is 25.6. The molecule has 5 rings (SSSR count). The molecule has 1 saturated heterocycles. The van der Waals surface area contributed by atoms with Gasteiger partial charge in [-0.15, -0.1) is 0 Å². The molecule has 2 heterocycles. The highest BCUT2D eigenvalue weighted by atomic mass is 16.7. The number of hydrogen-bond donors (Lipinski definition) is 4. The quantitative estimate of drug-likeness (QED) is 0.349. The molecule has 0 spiro atoms. The fourth-order valence-corrected chi connectivity index (χ4v) is 6.91. The van der Waals surface area contributed by atoms with Crippen LogP contribution >= 0.6 is 0 Å². The van der Waals surface area contributed by atoms with Gasteiger partial charge in [-0.05, 0) is 68.7 Å². The smallest absolute Gasteiger partial charge is 0.244 e. The Morgan fingerprint density at radius 3 is 2.05 bits per heavy atom. The number of aliphatic hydroxyl groups is 2. The first-order valence-corrected chi connectivity index (χ1v) is 14.2. The molecule has 234 valence electrons. The first kappa shape index (κ1) is 30.9. The van der Waals surface area contributed by atoms with Crippen molar-refractivity contribution in [3.05, 3.63) is 41.0 Å². The molecule has 0 aromatic heterocycles. The fourth-order valence-electron chi connectivity index (χ4n) is 6.91. The number of carbonyl (C=O) groups is 1. The minimum absolute atomic E-state index is 0.0337. The Labute approximate surface area is 251 Å². The van der Waals surface area contributed by atoms with Crippen molar-refractivity contribution in [1.82, 2.24) is 10.5 Å². The maximum absolute atomic E-state index is 14.2. The van der Waals surface area contributed by atoms with Crippen molar-refractivity contribution in [2.45, 2.75) is 63.6 Å². The topological polar surface area (TPSA) is 152 Å². The number of aliphatic hydroxyl groups excluding tert-OH is 2. The molecule has 2 aromatic carbocycles. The first-order valence-electron chi connectivity index (χ1n) is 14.2. The number of benzene rings is 2. The van der Waals surface area contributed by atoms with Crippen LogP contribution in [0.5, 0.6) is 28.7 Å². The Morgan fingerprint density at radius 1 is 0.977 bits per heavy atom. The van der Waals surface area contributed by atoms with E-state index in [1.807, 2.05) is 27.7 Å². The standard InChI is InChI=1S/C31H41N3O9/c1-30(2)12-17(13-31(3,4)34(30)38)32-33-29(37)26-20(14-35)27(36)19-11-22-21(42-15-43-22)10-18(19)25(26)16-8-23(39-5)28(41-7)24(9-16)40-6/h8-11,20,25-27,35-36,38H,12-15H2,1-7H3,(H,33,37)/t20-,25+,26-,27-/m0/s1. The molecule has 12 heteroatoms. The summed E-state index contributed by atoms with van der Waals surface area (Å²) in [6.45, 7) is 7.20. The van der Waals surface area contributed by atoms with Crippen molar-refractivity contribution < 1.29 is 43.9 Å². The second-order valence-corrected chi connectivity index (χ2v) is 12.5. The summed E-state index contributed by atoms with van der Waals surface area (Å²) >= 11 is 0. The van der Waals surface area contributed by atoms with Gasteiger partial charge in [0.2, 0.25) is 18.4 Å². The van der Waals surface area contributed by atoms with Crippen LogP contribution in [-0.4, -0.2) is 77.9 Å². The molecule has 1 fully saturated rings. The number of fused-ring (bicyclic) bond motifs is 2. The van der Waals surface area contributed by atoms with Crippen molar-refractivity contribution in [3.63, 3.8) is 0 Å². The van der Waals surface area contributed by atoms with Crippen LogP contribution in [0.15, 0.2) is 29.4 Å². The predicted molar refractivity (Wildman–Crippen MR) is 156 cm³/mol. The van der Waals surface area contributed by atoms with Crippen molar-refractivity contribution in [2.24, 2.45) is 16.9 Å². The van der Waals surface area contributed by atoms with E-state index in [1.54, 1.807) is 24.3 Å². The number of methoxy groups -OCH3 is 3. The van der Waals surface area contributed by atoms with E-state index in [2.05, 4.69) is 10.5 Å². The normalized spacial score (nSPS) is 25.5. The molecular formula is C31H41N3O9. The summed E-state index contributed by atoms with van der Waals surface area (Å²) in [6.07, 6.45) is -0.300. The van der Waals surface area contributed by atoms with Gasteiger partial charge in [0.25, 0.3) is 0 Å². The van der Waals surface area contributed by atoms with Gasteiger partial charge in [-0.3, -0.25) is 4.79 Å². The summed E-state index contributed by atoms with van der Waals surface area (Å²) in [6, 6.07) is 7.01. The number of rotatable bonds is 7. The molecule has 43 heavy (non-hydrogen) atoms. The number of hydroxylamine groups is 2. The zero-order chi connectivity index (χ0) is 31.3. The number of nitrogens with zero attached hydrogens (tertiary/aromatic N) is 2. The van der Waals surface area contributed by atoms with E-state index < -0.39 is 47.4 Å². The number of hydrogen-bond acceptors (Lipinski definition) is 11. The van der Waals surface area contributed by atoms with Crippen molar-refractivity contribution in [3.8, 4) is 28.7 Å². The summed E-state index contributed by atoms with van der Waals surface area (Å²) in [5.74, 6) is -0.847. The lowest BCUT2D eigenvalue weighted by molar-refractivity contribution is -0.226. The molecular weight excluding hydrogens is 558 g/mol. The summed E-state index contributed by atoms with van der Waals surface area (Å²) in [5.41, 5.74) is 4.08. The molecule has 1 aliphatic carbocycles. The Bertz CT molecular complexity index is 1380. The highest BCUT2D eigenvalue weighted by Crippen LogP contribution is 2.53. The fraction of sp³-hybridized carbons (Fsp3) is 0.548. The van der Waals surface area contributed by atoms with Crippen LogP contribution in [0.3, 0.4) is 0 Å². The molecule has 0 bridgehead atoms. The average molecular weight is 600 g/mol. The van der Waals surface area contributed by atoms with Crippen molar-refractivity contribution >= 4 is 11.6 Å². The average Bonchev–Trinajstić information content (AvgIpc) is 3.44. The highest BCUT2D eigenvalue weighted by Gasteiger charge is 2.48. The number of hydrazone groups is 1. The van der Waals surface area contributed by atoms with E-state index in [0.29, 0.717) is 58.3 Å². The monoisotopic (exact) mass is 599 g/mol. The molecule has 2 aromatic rings. The van der Waals surface area contributed by atoms with E-state index in [4.69, 9.17) is 23.7 Å². The van der Waals surface area contributed by atoms with E-state index in [-0.39, 0.29) is 6.79 Å². The van der Waals surface area contributed by atoms with Crippen LogP contribution in [-0.2, 0) is 4.79 Å². The molecule has 12 nitrogen and oxygen atoms in total. The minimum atomic E-state index is -1.17. The van der Waals surface area contributed by atoms with Crippen LogP contribution in [0, 0.1) is 11.8 Å². The molecule has 4 atom stereocenters. The van der Waals surface area contributed by atoms with Crippen LogP contribution < -0.4 is 29.1 Å². The minimum Gasteiger partial charge on any atom is -0.493 e. The lowest BCUT2D eigenvalue weighted by atomic mass is 9.65. The third-order valence-electron chi connectivity index (χ3n) is 8.76. The predicted octanol–water partition coefficient (Wildman–Crippen LogP) is 3.36. The SMILES string of the molecule is COc1cc([C@@H]2c3cc4c(cc3[C@H](O)[C@@H](CO)[C@@H]2C(=O)NN=C2CC(C)(C)N(O)C(C)(C)C2)OCO4)cc(OC)c1OC. The van der Waals surface area contributed by atoms with Gasteiger partial charge < -0.3 is 39.1 Å². The molecule has 1 amide bonds. The second kappa shape index (κ2) is 11.5. The van der Waals surface area contributed by atoms with E-state index in [1.165, 1.54) is 26.4 Å².